The summed E-state index contributed by atoms with van der Waals surface area (Å²) in [7, 11) is 1.87. The second-order valence-corrected chi connectivity index (χ2v) is 6.55. The van der Waals surface area contributed by atoms with Crippen molar-refractivity contribution in [1.29, 1.82) is 0 Å². The lowest BCUT2D eigenvalue weighted by atomic mass is 9.92. The number of fused-ring (bicyclic) bond motifs is 1. The lowest BCUT2D eigenvalue weighted by Gasteiger charge is -2.23. The fourth-order valence-corrected chi connectivity index (χ4v) is 3.60. The van der Waals surface area contributed by atoms with Gasteiger partial charge in [-0.25, -0.2) is 0 Å². The molecule has 0 saturated heterocycles. The van der Waals surface area contributed by atoms with E-state index in [0.717, 1.165) is 30.2 Å². The number of benzene rings is 1. The summed E-state index contributed by atoms with van der Waals surface area (Å²) in [6, 6.07) is 9.99. The van der Waals surface area contributed by atoms with Crippen molar-refractivity contribution < 1.29 is 5.11 Å². The molecule has 0 amide bonds. The molecule has 1 atom stereocenters. The van der Waals surface area contributed by atoms with E-state index < -0.39 is 5.60 Å². The smallest absolute Gasteiger partial charge is 0.230 e. The summed E-state index contributed by atoms with van der Waals surface area (Å²) in [5.41, 5.74) is 1.36. The predicted octanol–water partition coefficient (Wildman–Crippen LogP) is 2.15. The number of nitrogens with zero attached hydrogens (tertiary/aromatic N) is 5. The second kappa shape index (κ2) is 6.00. The Labute approximate surface area is 146 Å². The number of aromatic nitrogens is 5. The quantitative estimate of drug-likeness (QED) is 0.745. The summed E-state index contributed by atoms with van der Waals surface area (Å²) in [6.45, 7) is 2.76. The van der Waals surface area contributed by atoms with Crippen LogP contribution in [0.5, 0.6) is 0 Å². The third kappa shape index (κ3) is 2.80. The summed E-state index contributed by atoms with van der Waals surface area (Å²) in [4.78, 5) is 0. The Morgan fingerprint density at radius 2 is 2.08 bits per heavy atom. The van der Waals surface area contributed by atoms with E-state index in [4.69, 9.17) is 0 Å². The first-order valence-corrected chi connectivity index (χ1v) is 8.58. The Kier molecular flexibility index (Phi) is 3.80. The highest BCUT2D eigenvalue weighted by Crippen LogP contribution is 2.39. The number of hydrogen-bond acceptors (Lipinski definition) is 5. The van der Waals surface area contributed by atoms with Crippen LogP contribution in [0, 0.1) is 0 Å². The average Bonchev–Trinajstić information content (AvgIpc) is 3.28. The number of aliphatic hydroxyl groups is 1. The van der Waals surface area contributed by atoms with Crippen LogP contribution in [0.3, 0.4) is 0 Å². The Morgan fingerprint density at radius 3 is 2.84 bits per heavy atom. The van der Waals surface area contributed by atoms with Gasteiger partial charge < -0.3 is 10.4 Å². The molecular weight excluding hydrogens is 316 g/mol. The molecule has 1 unspecified atom stereocenters. The number of nitrogens with one attached hydrogen (secondary N) is 1. The van der Waals surface area contributed by atoms with Crippen LogP contribution >= 0.6 is 0 Å². The predicted molar refractivity (Wildman–Crippen MR) is 94.6 cm³/mol. The molecule has 0 saturated carbocycles. The summed E-state index contributed by atoms with van der Waals surface area (Å²) in [5.74, 6) is 2.15. The van der Waals surface area contributed by atoms with E-state index in [-0.39, 0.29) is 0 Å². The Balaban J connectivity index is 1.61. The van der Waals surface area contributed by atoms with Gasteiger partial charge in [0.1, 0.15) is 5.82 Å². The van der Waals surface area contributed by atoms with E-state index in [9.17, 15) is 5.11 Å². The van der Waals surface area contributed by atoms with Gasteiger partial charge in [0.05, 0.1) is 5.60 Å². The fraction of sp³-hybridized carbons (Fsp3) is 0.389. The highest BCUT2D eigenvalue weighted by atomic mass is 16.3. The van der Waals surface area contributed by atoms with Gasteiger partial charge in [0.2, 0.25) is 5.95 Å². The molecule has 130 valence electrons. The lowest BCUT2D eigenvalue weighted by Crippen LogP contribution is -2.27. The minimum absolute atomic E-state index is 0.453. The Morgan fingerprint density at radius 1 is 1.24 bits per heavy atom. The molecule has 2 N–H and O–H groups in total. The Hall–Kier alpha value is -2.67. The third-order valence-corrected chi connectivity index (χ3v) is 4.87. The van der Waals surface area contributed by atoms with Gasteiger partial charge in [-0.2, -0.15) is 5.10 Å². The minimum Gasteiger partial charge on any atom is -0.385 e. The molecule has 7 heteroatoms. The van der Waals surface area contributed by atoms with Crippen molar-refractivity contribution in [3.8, 4) is 0 Å². The maximum absolute atomic E-state index is 11.2. The molecule has 2 heterocycles. The van der Waals surface area contributed by atoms with Crippen LogP contribution < -0.4 is 5.32 Å². The van der Waals surface area contributed by atoms with Gasteiger partial charge in [0, 0.05) is 32.3 Å². The number of hydrogen-bond donors (Lipinski definition) is 2. The highest BCUT2D eigenvalue weighted by Gasteiger charge is 2.38. The van der Waals surface area contributed by atoms with Crippen LogP contribution in [0.2, 0.25) is 0 Å². The van der Waals surface area contributed by atoms with Crippen molar-refractivity contribution in [2.75, 3.05) is 5.32 Å². The van der Waals surface area contributed by atoms with Crippen molar-refractivity contribution in [2.45, 2.75) is 38.3 Å². The van der Waals surface area contributed by atoms with Crippen molar-refractivity contribution in [3.05, 3.63) is 53.5 Å². The van der Waals surface area contributed by atoms with Crippen molar-refractivity contribution in [1.82, 2.24) is 24.5 Å². The van der Waals surface area contributed by atoms with Crippen LogP contribution in [0.25, 0.3) is 0 Å². The summed E-state index contributed by atoms with van der Waals surface area (Å²) in [6.07, 6.45) is 3.93. The van der Waals surface area contributed by atoms with Gasteiger partial charge in [-0.1, -0.05) is 24.3 Å². The SMILES string of the molecule is CCn1c(CC2(O)CCc3ccccc32)nnc1Nc1ccn(C)n1. The molecule has 0 fully saturated rings. The zero-order valence-electron chi connectivity index (χ0n) is 14.5. The van der Waals surface area contributed by atoms with Crippen LogP contribution in [0.1, 0.15) is 30.3 Å². The first kappa shape index (κ1) is 15.8. The number of anilines is 2. The molecule has 2 aromatic heterocycles. The molecule has 1 aromatic carbocycles. The molecular formula is C18H22N6O. The van der Waals surface area contributed by atoms with Gasteiger partial charge in [0.25, 0.3) is 0 Å². The van der Waals surface area contributed by atoms with Crippen molar-refractivity contribution in [2.24, 2.45) is 7.05 Å². The van der Waals surface area contributed by atoms with Crippen LogP contribution in [-0.4, -0.2) is 29.7 Å². The van der Waals surface area contributed by atoms with E-state index in [0.29, 0.717) is 18.8 Å². The molecule has 1 aliphatic carbocycles. The zero-order chi connectivity index (χ0) is 17.4. The molecule has 0 bridgehead atoms. The van der Waals surface area contributed by atoms with Crippen LogP contribution in [0.15, 0.2) is 36.5 Å². The van der Waals surface area contributed by atoms with Crippen LogP contribution in [-0.2, 0) is 32.0 Å². The zero-order valence-corrected chi connectivity index (χ0v) is 14.5. The lowest BCUT2D eigenvalue weighted by molar-refractivity contribution is 0.0360. The van der Waals surface area contributed by atoms with Crippen LogP contribution in [0.4, 0.5) is 11.8 Å². The van der Waals surface area contributed by atoms with Crippen molar-refractivity contribution in [3.63, 3.8) is 0 Å². The number of rotatable bonds is 5. The highest BCUT2D eigenvalue weighted by molar-refractivity contribution is 5.47. The monoisotopic (exact) mass is 338 g/mol. The summed E-state index contributed by atoms with van der Waals surface area (Å²) >= 11 is 0. The molecule has 7 nitrogen and oxygen atoms in total. The van der Waals surface area contributed by atoms with E-state index in [1.807, 2.05) is 49.0 Å². The maximum atomic E-state index is 11.2. The Bertz CT molecular complexity index is 899. The third-order valence-electron chi connectivity index (χ3n) is 4.87. The van der Waals surface area contributed by atoms with E-state index in [1.165, 1.54) is 5.56 Å². The van der Waals surface area contributed by atoms with Gasteiger partial charge in [0.15, 0.2) is 5.82 Å². The number of aryl methyl sites for hydroxylation is 2. The largest absolute Gasteiger partial charge is 0.385 e. The van der Waals surface area contributed by atoms with Crippen molar-refractivity contribution >= 4 is 11.8 Å². The minimum atomic E-state index is -0.876. The molecule has 1 aliphatic rings. The summed E-state index contributed by atoms with van der Waals surface area (Å²) in [5, 5.41) is 27.3. The molecule has 25 heavy (non-hydrogen) atoms. The maximum Gasteiger partial charge on any atom is 0.230 e. The van der Waals surface area contributed by atoms with Gasteiger partial charge in [-0.3, -0.25) is 9.25 Å². The summed E-state index contributed by atoms with van der Waals surface area (Å²) < 4.78 is 3.72. The van der Waals surface area contributed by atoms with Gasteiger partial charge >= 0.3 is 0 Å². The standard InChI is InChI=1S/C18H22N6O/c1-3-24-16(20-21-17(24)19-15-9-11-23(2)22-15)12-18(25)10-8-13-6-4-5-7-14(13)18/h4-7,9,11,25H,3,8,10,12H2,1-2H3,(H,19,21,22). The molecule has 0 aliphatic heterocycles. The molecule has 4 rings (SSSR count). The first-order chi connectivity index (χ1) is 12.1. The fourth-order valence-electron chi connectivity index (χ4n) is 3.60. The van der Waals surface area contributed by atoms with E-state index in [1.54, 1.807) is 4.68 Å². The first-order valence-electron chi connectivity index (χ1n) is 8.58. The molecule has 0 radical (unpaired) electrons. The topological polar surface area (TPSA) is 80.8 Å². The normalized spacial score (nSPS) is 19.2. The molecule has 0 spiro atoms. The van der Waals surface area contributed by atoms with E-state index >= 15 is 0 Å². The van der Waals surface area contributed by atoms with Gasteiger partial charge in [-0.05, 0) is 30.9 Å². The van der Waals surface area contributed by atoms with Gasteiger partial charge in [-0.15, -0.1) is 10.2 Å². The molecule has 3 aromatic rings. The van der Waals surface area contributed by atoms with E-state index in [2.05, 4.69) is 26.7 Å². The average molecular weight is 338 g/mol. The second-order valence-electron chi connectivity index (χ2n) is 6.55.